The van der Waals surface area contributed by atoms with Crippen molar-refractivity contribution in [1.82, 2.24) is 9.80 Å². The van der Waals surface area contributed by atoms with Gasteiger partial charge in [0.15, 0.2) is 0 Å². The molecule has 33 heavy (non-hydrogen) atoms. The number of hydrogen-bond acceptors (Lipinski definition) is 3. The second kappa shape index (κ2) is 10.8. The summed E-state index contributed by atoms with van der Waals surface area (Å²) in [4.78, 5) is 17.2. The Balaban J connectivity index is 1.29. The number of benzene rings is 3. The standard InChI is InChI=1S/C26H25Cl3N2O2/c1-18-2-9-23(28)25(14-18)33-17-19-3-5-20(6-4-19)26(32)31-12-10-30(11-13-31)16-21-7-8-22(27)15-24(21)29/h2-9,14-15H,10-13,16-17H2,1H3. The highest BCUT2D eigenvalue weighted by molar-refractivity contribution is 6.35. The van der Waals surface area contributed by atoms with Crippen molar-refractivity contribution in [3.8, 4) is 5.75 Å². The van der Waals surface area contributed by atoms with E-state index in [0.717, 1.165) is 36.3 Å². The van der Waals surface area contributed by atoms with Crippen LogP contribution in [0.15, 0.2) is 60.7 Å². The van der Waals surface area contributed by atoms with Gasteiger partial charge in [0.25, 0.3) is 5.91 Å². The topological polar surface area (TPSA) is 32.8 Å². The third-order valence-electron chi connectivity index (χ3n) is 5.75. The lowest BCUT2D eigenvalue weighted by molar-refractivity contribution is 0.0628. The summed E-state index contributed by atoms with van der Waals surface area (Å²) in [6.45, 7) is 6.10. The first-order valence-electron chi connectivity index (χ1n) is 10.8. The lowest BCUT2D eigenvalue weighted by Gasteiger charge is -2.35. The van der Waals surface area contributed by atoms with E-state index in [0.29, 0.717) is 46.1 Å². The summed E-state index contributed by atoms with van der Waals surface area (Å²) in [5, 5.41) is 1.90. The summed E-state index contributed by atoms with van der Waals surface area (Å²) < 4.78 is 5.85. The first-order chi connectivity index (χ1) is 15.9. The van der Waals surface area contributed by atoms with Gasteiger partial charge in [0.1, 0.15) is 12.4 Å². The molecule has 4 rings (SSSR count). The maximum absolute atomic E-state index is 13.0. The van der Waals surface area contributed by atoms with Crippen molar-refractivity contribution in [1.29, 1.82) is 0 Å². The molecule has 0 atom stereocenters. The second-order valence-corrected chi connectivity index (χ2v) is 9.47. The maximum atomic E-state index is 13.0. The van der Waals surface area contributed by atoms with Crippen LogP contribution in [0.2, 0.25) is 15.1 Å². The Hall–Kier alpha value is -2.24. The van der Waals surface area contributed by atoms with Crippen LogP contribution in [0.25, 0.3) is 0 Å². The van der Waals surface area contributed by atoms with Gasteiger partial charge < -0.3 is 9.64 Å². The molecule has 1 fully saturated rings. The average molecular weight is 504 g/mol. The summed E-state index contributed by atoms with van der Waals surface area (Å²) in [7, 11) is 0. The first-order valence-corrected chi connectivity index (χ1v) is 12.0. The average Bonchev–Trinajstić information content (AvgIpc) is 2.82. The SMILES string of the molecule is Cc1ccc(Cl)c(OCc2ccc(C(=O)N3CCN(Cc4ccc(Cl)cc4Cl)CC3)cc2)c1. The number of halogens is 3. The molecule has 1 saturated heterocycles. The Morgan fingerprint density at radius 3 is 2.30 bits per heavy atom. The van der Waals surface area contributed by atoms with Crippen LogP contribution < -0.4 is 4.74 Å². The number of ether oxygens (including phenoxy) is 1. The third-order valence-corrected chi connectivity index (χ3v) is 6.65. The smallest absolute Gasteiger partial charge is 0.253 e. The Morgan fingerprint density at radius 1 is 0.879 bits per heavy atom. The van der Waals surface area contributed by atoms with Crippen molar-refractivity contribution >= 4 is 40.7 Å². The van der Waals surface area contributed by atoms with Crippen LogP contribution in [-0.4, -0.2) is 41.9 Å². The summed E-state index contributed by atoms with van der Waals surface area (Å²) >= 11 is 18.5. The Kier molecular flexibility index (Phi) is 7.82. The number of aryl methyl sites for hydroxylation is 1. The van der Waals surface area contributed by atoms with Crippen LogP contribution in [0.3, 0.4) is 0 Å². The van der Waals surface area contributed by atoms with Crippen molar-refractivity contribution in [3.05, 3.63) is 98.0 Å². The van der Waals surface area contributed by atoms with Crippen LogP contribution in [0.4, 0.5) is 0 Å². The van der Waals surface area contributed by atoms with Gasteiger partial charge >= 0.3 is 0 Å². The molecule has 0 aliphatic carbocycles. The van der Waals surface area contributed by atoms with Crippen LogP contribution in [0.5, 0.6) is 5.75 Å². The third kappa shape index (κ3) is 6.21. The van der Waals surface area contributed by atoms with Crippen LogP contribution in [0.1, 0.15) is 27.0 Å². The molecule has 0 aromatic heterocycles. The minimum absolute atomic E-state index is 0.0494. The number of carbonyl (C=O) groups excluding carboxylic acids is 1. The van der Waals surface area contributed by atoms with Gasteiger partial charge in [-0.2, -0.15) is 0 Å². The zero-order valence-electron chi connectivity index (χ0n) is 18.4. The van der Waals surface area contributed by atoms with Crippen molar-refractivity contribution < 1.29 is 9.53 Å². The van der Waals surface area contributed by atoms with E-state index < -0.39 is 0 Å². The van der Waals surface area contributed by atoms with Crippen molar-refractivity contribution in [3.63, 3.8) is 0 Å². The quantitative estimate of drug-likeness (QED) is 0.385. The van der Waals surface area contributed by atoms with E-state index in [4.69, 9.17) is 39.5 Å². The van der Waals surface area contributed by atoms with Crippen molar-refractivity contribution in [2.75, 3.05) is 26.2 Å². The van der Waals surface area contributed by atoms with E-state index in [1.807, 2.05) is 66.4 Å². The lowest BCUT2D eigenvalue weighted by atomic mass is 10.1. The second-order valence-electron chi connectivity index (χ2n) is 8.22. The number of nitrogens with zero attached hydrogens (tertiary/aromatic N) is 2. The monoisotopic (exact) mass is 502 g/mol. The van der Waals surface area contributed by atoms with Gasteiger partial charge in [0.05, 0.1) is 5.02 Å². The molecule has 0 bridgehead atoms. The molecule has 0 unspecified atom stereocenters. The Labute approximate surface area is 209 Å². The molecule has 0 spiro atoms. The van der Waals surface area contributed by atoms with Crippen LogP contribution in [0, 0.1) is 6.92 Å². The maximum Gasteiger partial charge on any atom is 0.253 e. The van der Waals surface area contributed by atoms with E-state index >= 15 is 0 Å². The van der Waals surface area contributed by atoms with Gasteiger partial charge in [-0.3, -0.25) is 9.69 Å². The fourth-order valence-corrected chi connectivity index (χ4v) is 4.45. The molecule has 4 nitrogen and oxygen atoms in total. The van der Waals surface area contributed by atoms with Crippen LogP contribution in [-0.2, 0) is 13.2 Å². The van der Waals surface area contributed by atoms with Gasteiger partial charge in [-0.15, -0.1) is 0 Å². The number of hydrogen-bond donors (Lipinski definition) is 0. The fourth-order valence-electron chi connectivity index (χ4n) is 3.81. The highest BCUT2D eigenvalue weighted by Gasteiger charge is 2.22. The van der Waals surface area contributed by atoms with E-state index in [2.05, 4.69) is 4.90 Å². The summed E-state index contributed by atoms with van der Waals surface area (Å²) in [5.74, 6) is 0.711. The van der Waals surface area contributed by atoms with Gasteiger partial charge in [0.2, 0.25) is 0 Å². The predicted octanol–water partition coefficient (Wildman–Crippen LogP) is 6.49. The van der Waals surface area contributed by atoms with Gasteiger partial charge in [-0.1, -0.05) is 59.1 Å². The molecular weight excluding hydrogens is 479 g/mol. The molecule has 3 aromatic carbocycles. The predicted molar refractivity (Wildman–Crippen MR) is 135 cm³/mol. The van der Waals surface area contributed by atoms with Crippen molar-refractivity contribution in [2.24, 2.45) is 0 Å². The molecule has 3 aromatic rings. The Bertz CT molecular complexity index is 1130. The molecule has 172 valence electrons. The molecule has 0 N–H and O–H groups in total. The van der Waals surface area contributed by atoms with Crippen molar-refractivity contribution in [2.45, 2.75) is 20.1 Å². The Morgan fingerprint density at radius 2 is 1.61 bits per heavy atom. The minimum atomic E-state index is 0.0494. The summed E-state index contributed by atoms with van der Waals surface area (Å²) in [5.41, 5.74) is 3.80. The number of carbonyl (C=O) groups is 1. The van der Waals surface area contributed by atoms with Gasteiger partial charge in [-0.05, 0) is 60.0 Å². The van der Waals surface area contributed by atoms with E-state index in [9.17, 15) is 4.79 Å². The van der Waals surface area contributed by atoms with E-state index in [1.54, 1.807) is 6.07 Å². The van der Waals surface area contributed by atoms with E-state index in [1.165, 1.54) is 0 Å². The lowest BCUT2D eigenvalue weighted by Crippen LogP contribution is -2.48. The van der Waals surface area contributed by atoms with Gasteiger partial charge in [0, 0.05) is 48.3 Å². The zero-order chi connectivity index (χ0) is 23.4. The highest BCUT2D eigenvalue weighted by Crippen LogP contribution is 2.26. The highest BCUT2D eigenvalue weighted by atomic mass is 35.5. The van der Waals surface area contributed by atoms with Crippen LogP contribution >= 0.6 is 34.8 Å². The first kappa shape index (κ1) is 23.9. The fraction of sp³-hybridized carbons (Fsp3) is 0.269. The minimum Gasteiger partial charge on any atom is -0.487 e. The summed E-state index contributed by atoms with van der Waals surface area (Å²) in [6.07, 6.45) is 0. The molecule has 1 aliphatic heterocycles. The molecule has 1 amide bonds. The molecule has 0 saturated carbocycles. The van der Waals surface area contributed by atoms with Gasteiger partial charge in [-0.25, -0.2) is 0 Å². The number of rotatable bonds is 6. The normalized spacial score (nSPS) is 14.4. The molecule has 1 aliphatic rings. The largest absolute Gasteiger partial charge is 0.487 e. The zero-order valence-corrected chi connectivity index (χ0v) is 20.6. The van der Waals surface area contributed by atoms with E-state index in [-0.39, 0.29) is 5.91 Å². The number of amides is 1. The molecular formula is C26H25Cl3N2O2. The molecule has 0 radical (unpaired) electrons. The number of piperazine rings is 1. The molecule has 7 heteroatoms. The molecule has 1 heterocycles. The summed E-state index contributed by atoms with van der Waals surface area (Å²) in [6, 6.07) is 18.8.